The minimum Gasteiger partial charge on any atom is -0.299 e. The molecule has 0 aliphatic heterocycles. The van der Waals surface area contributed by atoms with Crippen LogP contribution >= 0.6 is 12.2 Å². The van der Waals surface area contributed by atoms with Gasteiger partial charge in [0.05, 0.1) is 5.69 Å². The normalized spacial score (nSPS) is 11.0. The summed E-state index contributed by atoms with van der Waals surface area (Å²) in [6, 6.07) is 2.08. The highest BCUT2D eigenvalue weighted by Crippen LogP contribution is 2.19. The van der Waals surface area contributed by atoms with E-state index in [0.29, 0.717) is 4.77 Å². The highest BCUT2D eigenvalue weighted by atomic mass is 32.1. The van der Waals surface area contributed by atoms with Gasteiger partial charge in [0.1, 0.15) is 5.69 Å². The van der Waals surface area contributed by atoms with E-state index in [2.05, 4.69) is 42.1 Å². The molecule has 2 heterocycles. The first kappa shape index (κ1) is 12.0. The highest BCUT2D eigenvalue weighted by molar-refractivity contribution is 7.71. The van der Waals surface area contributed by atoms with Gasteiger partial charge in [-0.3, -0.25) is 14.3 Å². The van der Waals surface area contributed by atoms with Crippen molar-refractivity contribution in [3.05, 3.63) is 16.5 Å². The molecule has 0 unspecified atom stereocenters. The van der Waals surface area contributed by atoms with Crippen molar-refractivity contribution < 1.29 is 0 Å². The minimum absolute atomic E-state index is 0.657. The third-order valence-corrected chi connectivity index (χ3v) is 3.11. The molecule has 0 amide bonds. The highest BCUT2D eigenvalue weighted by Gasteiger charge is 2.14. The average Bonchev–Trinajstić information content (AvgIpc) is 2.91. The van der Waals surface area contributed by atoms with Crippen molar-refractivity contribution in [1.29, 1.82) is 0 Å². The fraction of sp³-hybridized carbons (Fsp3) is 0.545. The fourth-order valence-corrected chi connectivity index (χ4v) is 2.13. The molecule has 0 atom stereocenters. The zero-order valence-electron chi connectivity index (χ0n) is 10.4. The summed E-state index contributed by atoms with van der Waals surface area (Å²) in [6.45, 7) is 7.87. The average molecular weight is 251 g/mol. The second-order valence-electron chi connectivity index (χ2n) is 3.79. The van der Waals surface area contributed by atoms with Crippen LogP contribution in [0, 0.1) is 4.77 Å². The second kappa shape index (κ2) is 4.83. The van der Waals surface area contributed by atoms with Crippen LogP contribution < -0.4 is 0 Å². The van der Waals surface area contributed by atoms with E-state index in [-0.39, 0.29) is 0 Å². The summed E-state index contributed by atoms with van der Waals surface area (Å²) in [6.07, 6.45) is 0.928. The molecule has 0 saturated heterocycles. The summed E-state index contributed by atoms with van der Waals surface area (Å²) >= 11 is 5.20. The third kappa shape index (κ3) is 2.04. The lowest BCUT2D eigenvalue weighted by Crippen LogP contribution is -2.04. The van der Waals surface area contributed by atoms with Gasteiger partial charge in [-0.25, -0.2) is 0 Å². The molecule has 6 heteroatoms. The zero-order valence-corrected chi connectivity index (χ0v) is 11.2. The number of nitrogens with zero attached hydrogens (tertiary/aromatic N) is 4. The Labute approximate surface area is 105 Å². The number of hydrogen-bond donors (Lipinski definition) is 1. The molecule has 92 valence electrons. The molecule has 1 N–H and O–H groups in total. The van der Waals surface area contributed by atoms with Crippen molar-refractivity contribution in [2.24, 2.45) is 0 Å². The number of rotatable bonds is 4. The van der Waals surface area contributed by atoms with Crippen LogP contribution in [0.15, 0.2) is 6.07 Å². The lowest BCUT2D eigenvalue weighted by molar-refractivity contribution is 0.645. The van der Waals surface area contributed by atoms with Gasteiger partial charge in [0.25, 0.3) is 0 Å². The standard InChI is InChI=1S/C11H17N5S/c1-4-8-7-9(16(6-3)14-8)10-12-13-11(17)15(10)5-2/h7H,4-6H2,1-3H3,(H,13,17). The Hall–Kier alpha value is -1.43. The zero-order chi connectivity index (χ0) is 12.4. The van der Waals surface area contributed by atoms with Crippen LogP contribution in [-0.4, -0.2) is 24.5 Å². The van der Waals surface area contributed by atoms with Crippen LogP contribution in [0.5, 0.6) is 0 Å². The van der Waals surface area contributed by atoms with Gasteiger partial charge >= 0.3 is 0 Å². The SMILES string of the molecule is CCc1cc(-c2n[nH]c(=S)n2CC)n(CC)n1. The molecule has 0 aliphatic rings. The molecular weight excluding hydrogens is 234 g/mol. The van der Waals surface area contributed by atoms with Gasteiger partial charge in [0, 0.05) is 13.1 Å². The molecule has 0 fully saturated rings. The summed E-state index contributed by atoms with van der Waals surface area (Å²) < 4.78 is 4.61. The van der Waals surface area contributed by atoms with Crippen LogP contribution in [0.3, 0.4) is 0 Å². The van der Waals surface area contributed by atoms with Crippen LogP contribution in [0.1, 0.15) is 26.5 Å². The first-order valence-corrected chi connectivity index (χ1v) is 6.34. The van der Waals surface area contributed by atoms with Crippen LogP contribution in [0.4, 0.5) is 0 Å². The van der Waals surface area contributed by atoms with E-state index < -0.39 is 0 Å². The van der Waals surface area contributed by atoms with Gasteiger partial charge in [-0.05, 0) is 38.6 Å². The van der Waals surface area contributed by atoms with E-state index in [1.54, 1.807) is 0 Å². The van der Waals surface area contributed by atoms with Crippen molar-refractivity contribution >= 4 is 12.2 Å². The number of aromatic nitrogens is 5. The molecule has 0 aromatic carbocycles. The Balaban J connectivity index is 2.58. The summed E-state index contributed by atoms with van der Waals surface area (Å²) in [7, 11) is 0. The largest absolute Gasteiger partial charge is 0.299 e. The Morgan fingerprint density at radius 2 is 2.06 bits per heavy atom. The lowest BCUT2D eigenvalue weighted by atomic mass is 10.3. The maximum atomic E-state index is 5.20. The van der Waals surface area contributed by atoms with Gasteiger partial charge < -0.3 is 0 Å². The second-order valence-corrected chi connectivity index (χ2v) is 4.17. The third-order valence-electron chi connectivity index (χ3n) is 2.80. The van der Waals surface area contributed by atoms with Crippen LogP contribution in [0.2, 0.25) is 0 Å². The maximum absolute atomic E-state index is 5.20. The van der Waals surface area contributed by atoms with Gasteiger partial charge in [-0.15, -0.1) is 0 Å². The first-order valence-electron chi connectivity index (χ1n) is 5.93. The molecule has 0 radical (unpaired) electrons. The molecule has 5 nitrogen and oxygen atoms in total. The minimum atomic E-state index is 0.657. The maximum Gasteiger partial charge on any atom is 0.195 e. The molecular formula is C11H17N5S. The summed E-state index contributed by atoms with van der Waals surface area (Å²) in [5, 5.41) is 11.7. The number of hydrogen-bond acceptors (Lipinski definition) is 3. The van der Waals surface area contributed by atoms with Crippen LogP contribution in [-0.2, 0) is 19.5 Å². The molecule has 2 aromatic rings. The predicted molar refractivity (Wildman–Crippen MR) is 69.4 cm³/mol. The van der Waals surface area contributed by atoms with Gasteiger partial charge in [-0.2, -0.15) is 10.2 Å². The summed E-state index contributed by atoms with van der Waals surface area (Å²) in [4.78, 5) is 0. The molecule has 0 saturated carbocycles. The number of aromatic amines is 1. The van der Waals surface area contributed by atoms with E-state index in [9.17, 15) is 0 Å². The number of nitrogens with one attached hydrogen (secondary N) is 1. The summed E-state index contributed by atoms with van der Waals surface area (Å²) in [5.41, 5.74) is 2.11. The van der Waals surface area contributed by atoms with Crippen molar-refractivity contribution in [2.75, 3.05) is 0 Å². The topological polar surface area (TPSA) is 51.4 Å². The number of aryl methyl sites for hydroxylation is 2. The summed E-state index contributed by atoms with van der Waals surface area (Å²) in [5.74, 6) is 0.867. The van der Waals surface area contributed by atoms with Crippen molar-refractivity contribution in [2.45, 2.75) is 40.3 Å². The van der Waals surface area contributed by atoms with Gasteiger partial charge in [0.2, 0.25) is 0 Å². The van der Waals surface area contributed by atoms with Crippen molar-refractivity contribution in [3.63, 3.8) is 0 Å². The smallest absolute Gasteiger partial charge is 0.195 e. The van der Waals surface area contributed by atoms with Crippen molar-refractivity contribution in [1.82, 2.24) is 24.5 Å². The Kier molecular flexibility index (Phi) is 3.42. The Morgan fingerprint density at radius 1 is 1.29 bits per heavy atom. The van der Waals surface area contributed by atoms with E-state index >= 15 is 0 Å². The monoisotopic (exact) mass is 251 g/mol. The van der Waals surface area contributed by atoms with E-state index in [4.69, 9.17) is 12.2 Å². The van der Waals surface area contributed by atoms with E-state index in [0.717, 1.165) is 36.7 Å². The molecule has 17 heavy (non-hydrogen) atoms. The van der Waals surface area contributed by atoms with Gasteiger partial charge in [0.15, 0.2) is 10.6 Å². The fourth-order valence-electron chi connectivity index (χ4n) is 1.87. The Morgan fingerprint density at radius 3 is 2.65 bits per heavy atom. The molecule has 0 bridgehead atoms. The Bertz CT molecular complexity index is 563. The lowest BCUT2D eigenvalue weighted by Gasteiger charge is -2.04. The van der Waals surface area contributed by atoms with Crippen LogP contribution in [0.25, 0.3) is 11.5 Å². The van der Waals surface area contributed by atoms with E-state index in [1.807, 2.05) is 9.25 Å². The predicted octanol–water partition coefficient (Wildman–Crippen LogP) is 2.41. The van der Waals surface area contributed by atoms with Gasteiger partial charge in [-0.1, -0.05) is 6.92 Å². The molecule has 2 aromatic heterocycles. The molecule has 2 rings (SSSR count). The molecule has 0 spiro atoms. The quantitative estimate of drug-likeness (QED) is 0.849. The van der Waals surface area contributed by atoms with Crippen molar-refractivity contribution in [3.8, 4) is 11.5 Å². The number of H-pyrrole nitrogens is 1. The first-order chi connectivity index (χ1) is 8.21. The molecule has 0 aliphatic carbocycles. The van der Waals surface area contributed by atoms with E-state index in [1.165, 1.54) is 0 Å².